The van der Waals surface area contributed by atoms with Gasteiger partial charge in [0.15, 0.2) is 0 Å². The quantitative estimate of drug-likeness (QED) is 0.794. The Morgan fingerprint density at radius 2 is 2.38 bits per heavy atom. The number of carbonyl (C=O) groups is 1. The highest BCUT2D eigenvalue weighted by Crippen LogP contribution is 2.33. The predicted octanol–water partition coefficient (Wildman–Crippen LogP) is 3.03. The normalized spacial score (nSPS) is 10.4. The van der Waals surface area contributed by atoms with Crippen molar-refractivity contribution < 1.29 is 4.79 Å². The minimum atomic E-state index is -0.0501. The Balaban J connectivity index is 2.19. The lowest BCUT2D eigenvalue weighted by molar-refractivity contribution is -0.116. The van der Waals surface area contributed by atoms with Gasteiger partial charge < -0.3 is 5.32 Å². The molecule has 1 amide bonds. The van der Waals surface area contributed by atoms with Crippen molar-refractivity contribution in [3.8, 4) is 0 Å². The molecule has 6 nitrogen and oxygen atoms in total. The number of anilines is 1. The molecule has 0 aliphatic rings. The van der Waals surface area contributed by atoms with Gasteiger partial charge in [-0.2, -0.15) is 0 Å². The highest BCUT2D eigenvalue weighted by atomic mass is 79.9. The van der Waals surface area contributed by atoms with Gasteiger partial charge in [0.25, 0.3) is 0 Å². The average Bonchev–Trinajstić information content (AvgIpc) is 2.85. The molecule has 0 saturated heterocycles. The Bertz CT molecular complexity index is 658. The Hall–Kier alpha value is -1.67. The van der Waals surface area contributed by atoms with E-state index in [1.54, 1.807) is 17.8 Å². The van der Waals surface area contributed by atoms with Crippen molar-refractivity contribution in [1.29, 1.82) is 0 Å². The molecule has 0 atom stereocenters. The number of hydrogen-bond acceptors (Lipinski definition) is 5. The largest absolute Gasteiger partial charge is 0.325 e. The fraction of sp³-hybridized carbons (Fsp3) is 0.231. The molecule has 0 bridgehead atoms. The van der Waals surface area contributed by atoms with Crippen LogP contribution in [0.2, 0.25) is 0 Å². The van der Waals surface area contributed by atoms with Crippen LogP contribution in [0.15, 0.2) is 45.4 Å². The first-order valence-corrected chi connectivity index (χ1v) is 7.81. The Kier molecular flexibility index (Phi) is 5.51. The van der Waals surface area contributed by atoms with Crippen molar-refractivity contribution in [2.45, 2.75) is 22.9 Å². The summed E-state index contributed by atoms with van der Waals surface area (Å²) in [5.74, 6) is -0.0501. The summed E-state index contributed by atoms with van der Waals surface area (Å²) in [5, 5.41) is 14.9. The number of nitrogens with one attached hydrogen (secondary N) is 1. The molecule has 1 aromatic heterocycles. The van der Waals surface area contributed by atoms with E-state index in [0.717, 1.165) is 15.1 Å². The molecule has 0 aliphatic carbocycles. The van der Waals surface area contributed by atoms with Gasteiger partial charge in [-0.05, 0) is 46.8 Å². The second kappa shape index (κ2) is 7.37. The number of tetrazole rings is 1. The maximum atomic E-state index is 11.9. The zero-order chi connectivity index (χ0) is 15.2. The molecular weight excluding hydrogens is 354 g/mol. The van der Waals surface area contributed by atoms with E-state index >= 15 is 0 Å². The number of benzene rings is 1. The van der Waals surface area contributed by atoms with E-state index in [-0.39, 0.29) is 5.91 Å². The van der Waals surface area contributed by atoms with Gasteiger partial charge in [0.05, 0.1) is 5.69 Å². The Morgan fingerprint density at radius 3 is 3.05 bits per heavy atom. The number of halogens is 1. The molecule has 0 aliphatic heterocycles. The first-order valence-electron chi connectivity index (χ1n) is 6.20. The molecule has 21 heavy (non-hydrogen) atoms. The molecular formula is C13H14BrN5OS. The van der Waals surface area contributed by atoms with Crippen molar-refractivity contribution in [2.24, 2.45) is 7.05 Å². The molecule has 0 spiro atoms. The number of rotatable bonds is 6. The summed E-state index contributed by atoms with van der Waals surface area (Å²) in [6, 6.07) is 5.68. The van der Waals surface area contributed by atoms with E-state index in [1.165, 1.54) is 11.8 Å². The molecule has 1 N–H and O–H groups in total. The summed E-state index contributed by atoms with van der Waals surface area (Å²) in [7, 11) is 1.77. The summed E-state index contributed by atoms with van der Waals surface area (Å²) >= 11 is 4.80. The molecule has 2 aromatic rings. The lowest BCUT2D eigenvalue weighted by Gasteiger charge is -2.10. The summed E-state index contributed by atoms with van der Waals surface area (Å²) in [4.78, 5) is 12.8. The van der Waals surface area contributed by atoms with E-state index in [2.05, 4.69) is 43.4 Å². The van der Waals surface area contributed by atoms with Gasteiger partial charge in [-0.1, -0.05) is 22.0 Å². The minimum Gasteiger partial charge on any atom is -0.325 e. The van der Waals surface area contributed by atoms with Crippen LogP contribution in [0.25, 0.3) is 0 Å². The standard InChI is InChI=1S/C13H14BrN5OS/c1-3-4-5-12(20)15-10-8-9(14)6-7-11(10)21-13-16-17-18-19(13)2/h3,6-8H,1,4-5H2,2H3,(H,15,20). The van der Waals surface area contributed by atoms with Gasteiger partial charge in [0.1, 0.15) is 0 Å². The van der Waals surface area contributed by atoms with Gasteiger partial charge in [0.2, 0.25) is 11.1 Å². The topological polar surface area (TPSA) is 72.7 Å². The van der Waals surface area contributed by atoms with Crippen LogP contribution in [0, 0.1) is 0 Å². The minimum absolute atomic E-state index is 0.0501. The van der Waals surface area contributed by atoms with Gasteiger partial charge in [-0.3, -0.25) is 4.79 Å². The molecule has 0 radical (unpaired) electrons. The summed E-state index contributed by atoms with van der Waals surface area (Å²) < 4.78 is 2.47. The number of carbonyl (C=O) groups excluding carboxylic acids is 1. The zero-order valence-electron chi connectivity index (χ0n) is 11.4. The monoisotopic (exact) mass is 367 g/mol. The van der Waals surface area contributed by atoms with E-state index in [1.807, 2.05) is 18.2 Å². The molecule has 0 saturated carbocycles. The smallest absolute Gasteiger partial charge is 0.224 e. The lowest BCUT2D eigenvalue weighted by Crippen LogP contribution is -2.11. The van der Waals surface area contributed by atoms with Crippen LogP contribution >= 0.6 is 27.7 Å². The molecule has 0 unspecified atom stereocenters. The van der Waals surface area contributed by atoms with Crippen molar-refractivity contribution in [1.82, 2.24) is 20.2 Å². The fourth-order valence-corrected chi connectivity index (χ4v) is 2.70. The maximum absolute atomic E-state index is 11.9. The van der Waals surface area contributed by atoms with Crippen LogP contribution in [-0.2, 0) is 11.8 Å². The summed E-state index contributed by atoms with van der Waals surface area (Å²) in [6.45, 7) is 3.61. The molecule has 0 fully saturated rings. The van der Waals surface area contributed by atoms with Gasteiger partial charge in [0, 0.05) is 22.8 Å². The second-order valence-electron chi connectivity index (χ2n) is 4.20. The third-order valence-electron chi connectivity index (χ3n) is 2.57. The Labute approximate surface area is 135 Å². The first kappa shape index (κ1) is 15.7. The van der Waals surface area contributed by atoms with Gasteiger partial charge in [-0.25, -0.2) is 4.68 Å². The van der Waals surface area contributed by atoms with Crippen LogP contribution in [0.1, 0.15) is 12.8 Å². The number of aryl methyl sites for hydroxylation is 1. The van der Waals surface area contributed by atoms with Crippen LogP contribution in [0.4, 0.5) is 5.69 Å². The van der Waals surface area contributed by atoms with Crippen LogP contribution in [0.5, 0.6) is 0 Å². The van der Waals surface area contributed by atoms with E-state index in [4.69, 9.17) is 0 Å². The number of nitrogens with zero attached hydrogens (tertiary/aromatic N) is 4. The second-order valence-corrected chi connectivity index (χ2v) is 6.13. The summed E-state index contributed by atoms with van der Waals surface area (Å²) in [6.07, 6.45) is 2.78. The number of amides is 1. The molecule has 1 aromatic carbocycles. The van der Waals surface area contributed by atoms with Crippen LogP contribution < -0.4 is 5.32 Å². The molecule has 8 heteroatoms. The summed E-state index contributed by atoms with van der Waals surface area (Å²) in [5.41, 5.74) is 0.728. The number of allylic oxidation sites excluding steroid dienone is 1. The molecule has 110 valence electrons. The van der Waals surface area contributed by atoms with Crippen molar-refractivity contribution in [2.75, 3.05) is 5.32 Å². The predicted molar refractivity (Wildman–Crippen MR) is 85.1 cm³/mol. The lowest BCUT2D eigenvalue weighted by atomic mass is 10.2. The number of aromatic nitrogens is 4. The van der Waals surface area contributed by atoms with Crippen LogP contribution in [-0.4, -0.2) is 26.1 Å². The van der Waals surface area contributed by atoms with Gasteiger partial charge in [-0.15, -0.1) is 11.7 Å². The molecule has 1 heterocycles. The third kappa shape index (κ3) is 4.40. The highest BCUT2D eigenvalue weighted by molar-refractivity contribution is 9.10. The zero-order valence-corrected chi connectivity index (χ0v) is 13.8. The van der Waals surface area contributed by atoms with Crippen molar-refractivity contribution in [3.63, 3.8) is 0 Å². The van der Waals surface area contributed by atoms with E-state index < -0.39 is 0 Å². The Morgan fingerprint density at radius 1 is 1.57 bits per heavy atom. The maximum Gasteiger partial charge on any atom is 0.224 e. The van der Waals surface area contributed by atoms with Crippen molar-refractivity contribution in [3.05, 3.63) is 35.3 Å². The van der Waals surface area contributed by atoms with E-state index in [9.17, 15) is 4.79 Å². The molecule has 2 rings (SSSR count). The van der Waals surface area contributed by atoms with Crippen LogP contribution in [0.3, 0.4) is 0 Å². The van der Waals surface area contributed by atoms with Gasteiger partial charge >= 0.3 is 0 Å². The highest BCUT2D eigenvalue weighted by Gasteiger charge is 2.12. The first-order chi connectivity index (χ1) is 10.1. The van der Waals surface area contributed by atoms with Crippen molar-refractivity contribution >= 4 is 39.3 Å². The fourth-order valence-electron chi connectivity index (χ4n) is 1.54. The third-order valence-corrected chi connectivity index (χ3v) is 4.17. The van der Waals surface area contributed by atoms with E-state index in [0.29, 0.717) is 18.0 Å². The SMILES string of the molecule is C=CCCC(=O)Nc1cc(Br)ccc1Sc1nnnn1C. The average molecular weight is 368 g/mol. The number of hydrogen-bond donors (Lipinski definition) is 1.